The average molecular weight is 293 g/mol. The summed E-state index contributed by atoms with van der Waals surface area (Å²) in [6.45, 7) is 5.78. The van der Waals surface area contributed by atoms with Gasteiger partial charge in [0.05, 0.1) is 11.8 Å². The highest BCUT2D eigenvalue weighted by molar-refractivity contribution is 5.47. The quantitative estimate of drug-likeness (QED) is 0.848. The Balaban J connectivity index is 2.04. The smallest absolute Gasteiger partial charge is 0.146 e. The van der Waals surface area contributed by atoms with Crippen LogP contribution >= 0.6 is 0 Å². The van der Waals surface area contributed by atoms with Crippen molar-refractivity contribution >= 4 is 5.69 Å². The van der Waals surface area contributed by atoms with E-state index in [-0.39, 0.29) is 17.8 Å². The highest BCUT2D eigenvalue weighted by Gasteiger charge is 2.30. The normalized spacial score (nSPS) is 25.8. The molecule has 3 atom stereocenters. The second-order valence-corrected chi connectivity index (χ2v) is 6.29. The molecule has 2 rings (SSSR count). The summed E-state index contributed by atoms with van der Waals surface area (Å²) in [6.07, 6.45) is 5.31. The maximum absolute atomic E-state index is 14.0. The fourth-order valence-electron chi connectivity index (χ4n) is 3.60. The fraction of sp³-hybridized carbons (Fsp3) is 0.667. The van der Waals surface area contributed by atoms with Crippen LogP contribution in [-0.2, 0) is 0 Å². The van der Waals surface area contributed by atoms with Gasteiger partial charge in [-0.2, -0.15) is 0 Å². The van der Waals surface area contributed by atoms with Crippen molar-refractivity contribution in [3.63, 3.8) is 0 Å². The molecule has 1 aliphatic carbocycles. The molecule has 0 saturated heterocycles. The summed E-state index contributed by atoms with van der Waals surface area (Å²) in [5.74, 6) is 0.812. The lowest BCUT2D eigenvalue weighted by atomic mass is 9.77. The number of halogens is 1. The van der Waals surface area contributed by atoms with Gasteiger partial charge in [0, 0.05) is 19.0 Å². The Bertz CT molecular complexity index is 437. The minimum atomic E-state index is -0.237. The highest BCUT2D eigenvalue weighted by Crippen LogP contribution is 2.33. The Hall–Kier alpha value is -1.09. The van der Waals surface area contributed by atoms with Crippen LogP contribution in [-0.4, -0.2) is 24.3 Å². The molecule has 0 heterocycles. The van der Waals surface area contributed by atoms with Gasteiger partial charge in [-0.25, -0.2) is 4.39 Å². The van der Waals surface area contributed by atoms with Crippen LogP contribution in [0.15, 0.2) is 24.3 Å². The summed E-state index contributed by atoms with van der Waals surface area (Å²) in [5, 5.41) is 10.3. The molecule has 0 bridgehead atoms. The van der Waals surface area contributed by atoms with Crippen molar-refractivity contribution in [3.05, 3.63) is 30.1 Å². The average Bonchev–Trinajstić information content (AvgIpc) is 2.49. The number of para-hydroxylation sites is 1. The molecule has 0 radical (unpaired) electrons. The molecule has 0 aromatic heterocycles. The van der Waals surface area contributed by atoms with Crippen molar-refractivity contribution in [3.8, 4) is 0 Å². The van der Waals surface area contributed by atoms with Crippen molar-refractivity contribution in [2.24, 2.45) is 11.8 Å². The molecule has 0 spiro atoms. The summed E-state index contributed by atoms with van der Waals surface area (Å²) < 4.78 is 14.0. The van der Waals surface area contributed by atoms with E-state index in [1.165, 1.54) is 18.9 Å². The molecule has 3 unspecified atom stereocenters. The topological polar surface area (TPSA) is 23.5 Å². The van der Waals surface area contributed by atoms with E-state index >= 15 is 0 Å². The van der Waals surface area contributed by atoms with Gasteiger partial charge in [-0.1, -0.05) is 31.9 Å². The lowest BCUT2D eigenvalue weighted by Gasteiger charge is -2.37. The molecule has 0 aliphatic heterocycles. The molecule has 1 aromatic rings. The van der Waals surface area contributed by atoms with E-state index in [2.05, 4.69) is 11.8 Å². The molecule has 3 heteroatoms. The number of rotatable bonds is 6. The van der Waals surface area contributed by atoms with Crippen LogP contribution in [0.3, 0.4) is 0 Å². The van der Waals surface area contributed by atoms with E-state index in [1.807, 2.05) is 19.1 Å². The van der Waals surface area contributed by atoms with Gasteiger partial charge >= 0.3 is 0 Å². The van der Waals surface area contributed by atoms with Crippen molar-refractivity contribution in [1.29, 1.82) is 0 Å². The number of nitrogens with zero attached hydrogens (tertiary/aromatic N) is 1. The molecule has 21 heavy (non-hydrogen) atoms. The van der Waals surface area contributed by atoms with Gasteiger partial charge in [0.1, 0.15) is 5.82 Å². The standard InChI is InChI=1S/C18H28FNO/c1-3-7-14-10-11-18(21)15(12-14)13-20(4-2)17-9-6-5-8-16(17)19/h5-6,8-9,14-15,18,21H,3-4,7,10-13H2,1-2H3. The Morgan fingerprint density at radius 3 is 2.67 bits per heavy atom. The van der Waals surface area contributed by atoms with Gasteiger partial charge in [0.25, 0.3) is 0 Å². The minimum absolute atomic E-state index is 0.172. The molecule has 1 saturated carbocycles. The highest BCUT2D eigenvalue weighted by atomic mass is 19.1. The number of benzene rings is 1. The van der Waals surface area contributed by atoms with E-state index in [0.717, 1.165) is 38.3 Å². The lowest BCUT2D eigenvalue weighted by Crippen LogP contribution is -2.39. The number of anilines is 1. The molecule has 1 N–H and O–H groups in total. The first-order valence-electron chi connectivity index (χ1n) is 8.33. The van der Waals surface area contributed by atoms with Crippen LogP contribution in [0.4, 0.5) is 10.1 Å². The zero-order valence-electron chi connectivity index (χ0n) is 13.3. The first kappa shape index (κ1) is 16.3. The van der Waals surface area contributed by atoms with Crippen LogP contribution in [0, 0.1) is 17.7 Å². The van der Waals surface area contributed by atoms with E-state index in [1.54, 1.807) is 6.07 Å². The SMILES string of the molecule is CCCC1CCC(O)C(CN(CC)c2ccccc2F)C1. The van der Waals surface area contributed by atoms with Gasteiger partial charge < -0.3 is 10.0 Å². The fourth-order valence-corrected chi connectivity index (χ4v) is 3.60. The number of hydrogen-bond donors (Lipinski definition) is 1. The summed E-state index contributed by atoms with van der Waals surface area (Å²) in [4.78, 5) is 2.07. The van der Waals surface area contributed by atoms with Gasteiger partial charge in [0.2, 0.25) is 0 Å². The zero-order chi connectivity index (χ0) is 15.2. The summed E-state index contributed by atoms with van der Waals surface area (Å²) in [5.41, 5.74) is 0.657. The van der Waals surface area contributed by atoms with Gasteiger partial charge in [-0.3, -0.25) is 0 Å². The molecule has 0 amide bonds. The first-order valence-corrected chi connectivity index (χ1v) is 8.33. The van der Waals surface area contributed by atoms with Crippen LogP contribution in [0.1, 0.15) is 46.0 Å². The maximum atomic E-state index is 14.0. The largest absolute Gasteiger partial charge is 0.393 e. The molecule has 118 valence electrons. The Morgan fingerprint density at radius 1 is 1.24 bits per heavy atom. The van der Waals surface area contributed by atoms with Crippen LogP contribution in [0.2, 0.25) is 0 Å². The Morgan fingerprint density at radius 2 is 2.00 bits per heavy atom. The lowest BCUT2D eigenvalue weighted by molar-refractivity contribution is 0.0494. The molecule has 1 aromatic carbocycles. The van der Waals surface area contributed by atoms with Crippen molar-refractivity contribution < 1.29 is 9.50 Å². The molecule has 1 fully saturated rings. The van der Waals surface area contributed by atoms with Crippen molar-refractivity contribution in [2.75, 3.05) is 18.0 Å². The van der Waals surface area contributed by atoms with Crippen LogP contribution < -0.4 is 4.90 Å². The number of aliphatic hydroxyl groups is 1. The third-order valence-corrected chi connectivity index (χ3v) is 4.78. The van der Waals surface area contributed by atoms with E-state index < -0.39 is 0 Å². The minimum Gasteiger partial charge on any atom is -0.393 e. The van der Waals surface area contributed by atoms with E-state index in [0.29, 0.717) is 5.69 Å². The van der Waals surface area contributed by atoms with Crippen molar-refractivity contribution in [1.82, 2.24) is 0 Å². The van der Waals surface area contributed by atoms with Gasteiger partial charge in [0.15, 0.2) is 0 Å². The van der Waals surface area contributed by atoms with Crippen molar-refractivity contribution in [2.45, 2.75) is 52.1 Å². The summed E-state index contributed by atoms with van der Waals surface area (Å²) in [6, 6.07) is 6.93. The van der Waals surface area contributed by atoms with Crippen LogP contribution in [0.25, 0.3) is 0 Å². The summed E-state index contributed by atoms with van der Waals surface area (Å²) in [7, 11) is 0. The second kappa shape index (κ2) is 7.79. The third-order valence-electron chi connectivity index (χ3n) is 4.78. The Kier molecular flexibility index (Phi) is 6.04. The third kappa shape index (κ3) is 4.19. The predicted molar refractivity (Wildman–Crippen MR) is 86.0 cm³/mol. The zero-order valence-corrected chi connectivity index (χ0v) is 13.3. The first-order chi connectivity index (χ1) is 10.2. The molecule has 1 aliphatic rings. The number of aliphatic hydroxyl groups excluding tert-OH is 1. The van der Waals surface area contributed by atoms with Gasteiger partial charge in [-0.15, -0.1) is 0 Å². The van der Waals surface area contributed by atoms with Gasteiger partial charge in [-0.05, 0) is 44.2 Å². The monoisotopic (exact) mass is 293 g/mol. The molecule has 2 nitrogen and oxygen atoms in total. The van der Waals surface area contributed by atoms with E-state index in [4.69, 9.17) is 0 Å². The van der Waals surface area contributed by atoms with E-state index in [9.17, 15) is 9.50 Å². The molecular weight excluding hydrogens is 265 g/mol. The summed E-state index contributed by atoms with van der Waals surface area (Å²) >= 11 is 0. The van der Waals surface area contributed by atoms with Crippen LogP contribution in [0.5, 0.6) is 0 Å². The predicted octanol–water partition coefficient (Wildman–Crippen LogP) is 4.23. The molecular formula is C18H28FNO. The number of hydrogen-bond acceptors (Lipinski definition) is 2. The second-order valence-electron chi connectivity index (χ2n) is 6.29. The maximum Gasteiger partial charge on any atom is 0.146 e. The Labute approximate surface area is 128 Å².